The molecule has 0 radical (unpaired) electrons. The first-order valence-electron chi connectivity index (χ1n) is 7.18. The largest absolute Gasteiger partial charge is 0.389 e. The second-order valence-electron chi connectivity index (χ2n) is 5.45. The van der Waals surface area contributed by atoms with Gasteiger partial charge in [0.15, 0.2) is 0 Å². The second kappa shape index (κ2) is 6.75. The molecule has 1 aromatic rings. The van der Waals surface area contributed by atoms with Crippen molar-refractivity contribution in [1.29, 1.82) is 0 Å². The standard InChI is InChI=1S/C17H24O/c1-14(16-10-6-3-7-11-16)17(18)13-12-15-8-4-2-5-9-15/h2,4-5,8-9,16-18H,1,3,6-7,10-13H2. The lowest BCUT2D eigenvalue weighted by Gasteiger charge is -2.26. The number of rotatable bonds is 5. The van der Waals surface area contributed by atoms with Crippen LogP contribution >= 0.6 is 0 Å². The van der Waals surface area contributed by atoms with Gasteiger partial charge in [0.25, 0.3) is 0 Å². The van der Waals surface area contributed by atoms with Crippen LogP contribution in [0.2, 0.25) is 0 Å². The molecule has 0 saturated heterocycles. The minimum absolute atomic E-state index is 0.326. The molecule has 1 aromatic carbocycles. The summed E-state index contributed by atoms with van der Waals surface area (Å²) in [6.07, 6.45) is 7.82. The van der Waals surface area contributed by atoms with Gasteiger partial charge >= 0.3 is 0 Å². The Balaban J connectivity index is 1.80. The molecule has 0 aliphatic heterocycles. The first-order chi connectivity index (χ1) is 8.77. The van der Waals surface area contributed by atoms with Crippen LogP contribution in [0.1, 0.15) is 44.1 Å². The zero-order valence-electron chi connectivity index (χ0n) is 11.1. The molecule has 0 bridgehead atoms. The van der Waals surface area contributed by atoms with Gasteiger partial charge in [0.2, 0.25) is 0 Å². The van der Waals surface area contributed by atoms with Gasteiger partial charge in [-0.15, -0.1) is 0 Å². The summed E-state index contributed by atoms with van der Waals surface area (Å²) in [6.45, 7) is 4.14. The van der Waals surface area contributed by atoms with E-state index in [2.05, 4.69) is 30.8 Å². The monoisotopic (exact) mass is 244 g/mol. The van der Waals surface area contributed by atoms with Crippen LogP contribution in [0.3, 0.4) is 0 Å². The summed E-state index contributed by atoms with van der Waals surface area (Å²) in [5.41, 5.74) is 2.37. The number of aliphatic hydroxyl groups is 1. The van der Waals surface area contributed by atoms with Gasteiger partial charge in [-0.05, 0) is 42.7 Å². The van der Waals surface area contributed by atoms with Crippen LogP contribution in [0.15, 0.2) is 42.5 Å². The average molecular weight is 244 g/mol. The van der Waals surface area contributed by atoms with Gasteiger partial charge in [0.1, 0.15) is 0 Å². The molecule has 1 saturated carbocycles. The normalized spacial score (nSPS) is 18.5. The van der Waals surface area contributed by atoms with Gasteiger partial charge in [0, 0.05) is 0 Å². The van der Waals surface area contributed by atoms with Gasteiger partial charge in [0.05, 0.1) is 6.10 Å². The zero-order chi connectivity index (χ0) is 12.8. The topological polar surface area (TPSA) is 20.2 Å². The molecule has 1 aliphatic carbocycles. The first kappa shape index (κ1) is 13.4. The molecule has 1 fully saturated rings. The van der Waals surface area contributed by atoms with Crippen LogP contribution in [-0.4, -0.2) is 11.2 Å². The van der Waals surface area contributed by atoms with Crippen molar-refractivity contribution in [1.82, 2.24) is 0 Å². The number of aliphatic hydroxyl groups excluding tert-OH is 1. The Kier molecular flexibility index (Phi) is 5.00. The maximum absolute atomic E-state index is 10.2. The summed E-state index contributed by atoms with van der Waals surface area (Å²) in [5, 5.41) is 10.2. The van der Waals surface area contributed by atoms with Crippen LogP contribution in [0.25, 0.3) is 0 Å². The molecule has 1 unspecified atom stereocenters. The van der Waals surface area contributed by atoms with Crippen molar-refractivity contribution in [2.24, 2.45) is 5.92 Å². The van der Waals surface area contributed by atoms with E-state index in [0.717, 1.165) is 18.4 Å². The Bertz CT molecular complexity index is 362. The Hall–Kier alpha value is -1.08. The average Bonchev–Trinajstić information content (AvgIpc) is 2.46. The number of hydrogen-bond donors (Lipinski definition) is 1. The van der Waals surface area contributed by atoms with Crippen LogP contribution in [0.4, 0.5) is 0 Å². The first-order valence-corrected chi connectivity index (χ1v) is 7.18. The van der Waals surface area contributed by atoms with Gasteiger partial charge in [-0.2, -0.15) is 0 Å². The zero-order valence-corrected chi connectivity index (χ0v) is 11.1. The van der Waals surface area contributed by atoms with E-state index in [9.17, 15) is 5.11 Å². The molecular weight excluding hydrogens is 220 g/mol. The lowest BCUT2D eigenvalue weighted by atomic mass is 9.81. The second-order valence-corrected chi connectivity index (χ2v) is 5.45. The van der Waals surface area contributed by atoms with Crippen molar-refractivity contribution in [3.05, 3.63) is 48.0 Å². The summed E-state index contributed by atoms with van der Waals surface area (Å²) >= 11 is 0. The molecule has 18 heavy (non-hydrogen) atoms. The van der Waals surface area contributed by atoms with Crippen LogP contribution < -0.4 is 0 Å². The lowest BCUT2D eigenvalue weighted by molar-refractivity contribution is 0.180. The molecule has 0 aromatic heterocycles. The molecule has 1 N–H and O–H groups in total. The van der Waals surface area contributed by atoms with E-state index < -0.39 is 0 Å². The molecule has 98 valence electrons. The number of hydrogen-bond acceptors (Lipinski definition) is 1. The van der Waals surface area contributed by atoms with Crippen molar-refractivity contribution in [2.45, 2.75) is 51.0 Å². The Morgan fingerprint density at radius 1 is 1.17 bits per heavy atom. The Morgan fingerprint density at radius 2 is 1.83 bits per heavy atom. The molecule has 2 rings (SSSR count). The van der Waals surface area contributed by atoms with Crippen LogP contribution in [-0.2, 0) is 6.42 Å². The Labute approximate surface area is 111 Å². The maximum Gasteiger partial charge on any atom is 0.0753 e. The minimum Gasteiger partial charge on any atom is -0.389 e. The molecule has 0 spiro atoms. The van der Waals surface area contributed by atoms with E-state index in [1.54, 1.807) is 0 Å². The fraction of sp³-hybridized carbons (Fsp3) is 0.529. The van der Waals surface area contributed by atoms with E-state index in [4.69, 9.17) is 0 Å². The third-order valence-electron chi connectivity index (χ3n) is 4.11. The predicted octanol–water partition coefficient (Wildman–Crippen LogP) is 4.12. The third-order valence-corrected chi connectivity index (χ3v) is 4.11. The van der Waals surface area contributed by atoms with E-state index >= 15 is 0 Å². The molecular formula is C17H24O. The van der Waals surface area contributed by atoms with Crippen molar-refractivity contribution < 1.29 is 5.11 Å². The van der Waals surface area contributed by atoms with Gasteiger partial charge in [-0.1, -0.05) is 56.2 Å². The van der Waals surface area contributed by atoms with E-state index in [-0.39, 0.29) is 6.10 Å². The van der Waals surface area contributed by atoms with E-state index in [1.807, 2.05) is 6.07 Å². The summed E-state index contributed by atoms with van der Waals surface area (Å²) in [5.74, 6) is 0.560. The number of aryl methyl sites for hydroxylation is 1. The molecule has 1 heteroatoms. The number of benzene rings is 1. The van der Waals surface area contributed by atoms with Crippen molar-refractivity contribution in [2.75, 3.05) is 0 Å². The summed E-state index contributed by atoms with van der Waals surface area (Å²) in [6, 6.07) is 10.4. The van der Waals surface area contributed by atoms with E-state index in [0.29, 0.717) is 5.92 Å². The lowest BCUT2D eigenvalue weighted by Crippen LogP contribution is -2.20. The summed E-state index contributed by atoms with van der Waals surface area (Å²) < 4.78 is 0. The smallest absolute Gasteiger partial charge is 0.0753 e. The Morgan fingerprint density at radius 3 is 2.50 bits per heavy atom. The quantitative estimate of drug-likeness (QED) is 0.773. The summed E-state index contributed by atoms with van der Waals surface area (Å²) in [7, 11) is 0. The van der Waals surface area contributed by atoms with Gasteiger partial charge in [-0.3, -0.25) is 0 Å². The van der Waals surface area contributed by atoms with E-state index in [1.165, 1.54) is 37.7 Å². The minimum atomic E-state index is -0.326. The fourth-order valence-electron chi connectivity index (χ4n) is 2.88. The highest BCUT2D eigenvalue weighted by Gasteiger charge is 2.21. The highest BCUT2D eigenvalue weighted by atomic mass is 16.3. The third kappa shape index (κ3) is 3.71. The molecule has 1 atom stereocenters. The maximum atomic E-state index is 10.2. The van der Waals surface area contributed by atoms with Gasteiger partial charge in [-0.25, -0.2) is 0 Å². The summed E-state index contributed by atoms with van der Waals surface area (Å²) in [4.78, 5) is 0. The van der Waals surface area contributed by atoms with Crippen molar-refractivity contribution in [3.8, 4) is 0 Å². The predicted molar refractivity (Wildman–Crippen MR) is 76.5 cm³/mol. The van der Waals surface area contributed by atoms with Crippen molar-refractivity contribution in [3.63, 3.8) is 0 Å². The highest BCUT2D eigenvalue weighted by molar-refractivity contribution is 5.16. The fourth-order valence-corrected chi connectivity index (χ4v) is 2.88. The highest BCUT2D eigenvalue weighted by Crippen LogP contribution is 2.31. The molecule has 0 heterocycles. The van der Waals surface area contributed by atoms with Crippen LogP contribution in [0.5, 0.6) is 0 Å². The van der Waals surface area contributed by atoms with Crippen molar-refractivity contribution >= 4 is 0 Å². The SMILES string of the molecule is C=C(C(O)CCc1ccccc1)C1CCCCC1. The van der Waals surface area contributed by atoms with Crippen LogP contribution in [0, 0.1) is 5.92 Å². The molecule has 1 nitrogen and oxygen atoms in total. The van der Waals surface area contributed by atoms with Gasteiger partial charge < -0.3 is 5.11 Å². The molecule has 1 aliphatic rings. The molecule has 0 amide bonds.